The van der Waals surface area contributed by atoms with E-state index < -0.39 is 5.82 Å². The zero-order valence-corrected chi connectivity index (χ0v) is 11.2. The van der Waals surface area contributed by atoms with Crippen LogP contribution in [-0.4, -0.2) is 24.6 Å². The summed E-state index contributed by atoms with van der Waals surface area (Å²) in [6.07, 6.45) is 0. The van der Waals surface area contributed by atoms with Gasteiger partial charge in [0.15, 0.2) is 0 Å². The van der Waals surface area contributed by atoms with Crippen LogP contribution in [0.25, 0.3) is 0 Å². The summed E-state index contributed by atoms with van der Waals surface area (Å²) >= 11 is 0. The van der Waals surface area contributed by atoms with Gasteiger partial charge in [0, 0.05) is 5.56 Å². The Balaban J connectivity index is 2.93. The van der Waals surface area contributed by atoms with Gasteiger partial charge in [0.2, 0.25) is 0 Å². The molecule has 0 aliphatic rings. The first kappa shape index (κ1) is 14.4. The Hall–Kier alpha value is -1.62. The maximum Gasteiger partial charge on any atom is 0.277 e. The average Bonchev–Trinajstić information content (AvgIpc) is 2.27. The number of nitrogens with zero attached hydrogens (tertiary/aromatic N) is 1. The van der Waals surface area contributed by atoms with Gasteiger partial charge >= 0.3 is 0 Å². The predicted molar refractivity (Wildman–Crippen MR) is 68.3 cm³/mol. The van der Waals surface area contributed by atoms with Crippen molar-refractivity contribution in [3.63, 3.8) is 0 Å². The third kappa shape index (κ3) is 3.70. The van der Waals surface area contributed by atoms with E-state index in [0.717, 1.165) is 0 Å². The maximum absolute atomic E-state index is 13.0. The van der Waals surface area contributed by atoms with Crippen LogP contribution in [0.2, 0.25) is 0 Å². The summed E-state index contributed by atoms with van der Waals surface area (Å²) in [5, 5.41) is 1.24. The summed E-state index contributed by atoms with van der Waals surface area (Å²) in [7, 11) is 1.43. The van der Waals surface area contributed by atoms with Gasteiger partial charge in [-0.15, -0.1) is 0 Å². The zero-order valence-electron chi connectivity index (χ0n) is 11.2. The number of carbonyl (C=O) groups is 1. The lowest BCUT2D eigenvalue weighted by molar-refractivity contribution is -0.110. The lowest BCUT2D eigenvalue weighted by Gasteiger charge is -2.27. The second-order valence-electron chi connectivity index (χ2n) is 5.32. The first-order chi connectivity index (χ1) is 8.24. The largest absolute Gasteiger partial charge is 0.396 e. The highest BCUT2D eigenvalue weighted by atomic mass is 19.1. The summed E-state index contributed by atoms with van der Waals surface area (Å²) in [4.78, 5) is 17.2. The first-order valence-corrected chi connectivity index (χ1v) is 5.65. The van der Waals surface area contributed by atoms with Gasteiger partial charge in [-0.05, 0) is 23.6 Å². The third-order valence-corrected chi connectivity index (χ3v) is 2.31. The molecule has 100 valence electrons. The van der Waals surface area contributed by atoms with Gasteiger partial charge in [-0.25, -0.2) is 9.45 Å². The van der Waals surface area contributed by atoms with E-state index in [4.69, 9.17) is 10.6 Å². The van der Waals surface area contributed by atoms with Crippen LogP contribution in [-0.2, 0) is 4.84 Å². The van der Waals surface area contributed by atoms with Crippen molar-refractivity contribution < 1.29 is 14.0 Å². The van der Waals surface area contributed by atoms with E-state index in [-0.39, 0.29) is 17.0 Å². The number of hydrogen-bond acceptors (Lipinski definition) is 3. The van der Waals surface area contributed by atoms with Crippen LogP contribution in [0, 0.1) is 11.2 Å². The summed E-state index contributed by atoms with van der Waals surface area (Å²) in [6, 6.07) is 3.88. The number of anilines is 1. The molecule has 0 heterocycles. The predicted octanol–water partition coefficient (Wildman–Crippen LogP) is 2.46. The molecular weight excluding hydrogens is 235 g/mol. The first-order valence-electron chi connectivity index (χ1n) is 5.65. The Bertz CT molecular complexity index is 441. The number of benzene rings is 1. The summed E-state index contributed by atoms with van der Waals surface area (Å²) in [5.41, 5.74) is 5.60. The number of amides is 1. The Kier molecular flexibility index (Phi) is 4.29. The number of halogens is 1. The number of hydrogen-bond donors (Lipinski definition) is 1. The zero-order chi connectivity index (χ0) is 13.9. The Morgan fingerprint density at radius 1 is 1.44 bits per heavy atom. The molecule has 1 amide bonds. The molecule has 0 bridgehead atoms. The molecule has 0 aromatic heterocycles. The van der Waals surface area contributed by atoms with Crippen molar-refractivity contribution in [3.05, 3.63) is 29.6 Å². The normalized spacial score (nSPS) is 11.4. The van der Waals surface area contributed by atoms with Crippen LogP contribution in [0.5, 0.6) is 0 Å². The third-order valence-electron chi connectivity index (χ3n) is 2.31. The lowest BCUT2D eigenvalue weighted by atomic mass is 9.96. The second kappa shape index (κ2) is 5.35. The van der Waals surface area contributed by atoms with Gasteiger partial charge < -0.3 is 5.73 Å². The van der Waals surface area contributed by atoms with Crippen molar-refractivity contribution in [2.45, 2.75) is 20.8 Å². The van der Waals surface area contributed by atoms with E-state index >= 15 is 0 Å². The molecule has 5 heteroatoms. The highest BCUT2D eigenvalue weighted by molar-refractivity contribution is 5.94. The van der Waals surface area contributed by atoms with Crippen molar-refractivity contribution in [2.24, 2.45) is 5.41 Å². The van der Waals surface area contributed by atoms with E-state index in [1.165, 1.54) is 30.4 Å². The summed E-state index contributed by atoms with van der Waals surface area (Å²) < 4.78 is 13.0. The molecule has 0 saturated heterocycles. The molecular formula is C13H19FN2O2. The molecule has 18 heavy (non-hydrogen) atoms. The number of rotatable bonds is 3. The molecule has 2 N–H and O–H groups in total. The molecule has 0 aliphatic heterocycles. The van der Waals surface area contributed by atoms with E-state index in [0.29, 0.717) is 12.1 Å². The Morgan fingerprint density at radius 3 is 2.50 bits per heavy atom. The van der Waals surface area contributed by atoms with Crippen molar-refractivity contribution in [1.29, 1.82) is 0 Å². The fourth-order valence-electron chi connectivity index (χ4n) is 1.47. The molecule has 0 fully saturated rings. The van der Waals surface area contributed by atoms with Crippen molar-refractivity contribution >= 4 is 11.6 Å². The van der Waals surface area contributed by atoms with Gasteiger partial charge in [-0.1, -0.05) is 20.8 Å². The summed E-state index contributed by atoms with van der Waals surface area (Å²) in [5.74, 6) is -0.870. The van der Waals surface area contributed by atoms with Crippen LogP contribution in [0.3, 0.4) is 0 Å². The van der Waals surface area contributed by atoms with Gasteiger partial charge in [0.1, 0.15) is 5.82 Å². The fourth-order valence-corrected chi connectivity index (χ4v) is 1.47. The van der Waals surface area contributed by atoms with Gasteiger partial charge in [0.05, 0.1) is 19.3 Å². The average molecular weight is 254 g/mol. The van der Waals surface area contributed by atoms with E-state index in [9.17, 15) is 9.18 Å². The maximum atomic E-state index is 13.0. The highest BCUT2D eigenvalue weighted by Crippen LogP contribution is 2.19. The molecule has 1 aromatic rings. The highest BCUT2D eigenvalue weighted by Gasteiger charge is 2.22. The molecule has 0 atom stereocenters. The molecule has 1 rings (SSSR count). The van der Waals surface area contributed by atoms with Gasteiger partial charge in [-0.3, -0.25) is 9.63 Å². The molecule has 0 unspecified atom stereocenters. The monoisotopic (exact) mass is 254 g/mol. The van der Waals surface area contributed by atoms with Crippen molar-refractivity contribution in [2.75, 3.05) is 19.4 Å². The van der Waals surface area contributed by atoms with Crippen LogP contribution in [0.15, 0.2) is 18.2 Å². The topological polar surface area (TPSA) is 55.6 Å². The molecule has 0 saturated carbocycles. The van der Waals surface area contributed by atoms with E-state index in [1.54, 1.807) is 0 Å². The SMILES string of the molecule is CON(CC(C)(C)C)C(=O)c1ccc(F)c(N)c1. The van der Waals surface area contributed by atoms with Gasteiger partial charge in [0.25, 0.3) is 5.91 Å². The number of hydroxylamine groups is 2. The number of nitrogens with two attached hydrogens (primary N) is 1. The van der Waals surface area contributed by atoms with Crippen LogP contribution in [0.4, 0.5) is 10.1 Å². The molecule has 0 spiro atoms. The molecule has 0 radical (unpaired) electrons. The molecule has 4 nitrogen and oxygen atoms in total. The van der Waals surface area contributed by atoms with E-state index in [2.05, 4.69) is 0 Å². The minimum Gasteiger partial charge on any atom is -0.396 e. The Labute approximate surface area is 106 Å². The Morgan fingerprint density at radius 2 is 2.06 bits per heavy atom. The number of nitrogen functional groups attached to an aromatic ring is 1. The standard InChI is InChI=1S/C13H19FN2O2/c1-13(2,3)8-16(18-4)12(17)9-5-6-10(14)11(15)7-9/h5-7H,8,15H2,1-4H3. The van der Waals surface area contributed by atoms with Crippen LogP contribution < -0.4 is 5.73 Å². The van der Waals surface area contributed by atoms with Crippen molar-refractivity contribution in [3.8, 4) is 0 Å². The summed E-state index contributed by atoms with van der Waals surface area (Å²) in [6.45, 7) is 6.40. The van der Waals surface area contributed by atoms with Crippen molar-refractivity contribution in [1.82, 2.24) is 5.06 Å². The van der Waals surface area contributed by atoms with E-state index in [1.807, 2.05) is 20.8 Å². The minimum atomic E-state index is -0.536. The molecule has 1 aromatic carbocycles. The van der Waals surface area contributed by atoms with Crippen LogP contribution >= 0.6 is 0 Å². The van der Waals surface area contributed by atoms with Crippen LogP contribution in [0.1, 0.15) is 31.1 Å². The molecule has 0 aliphatic carbocycles. The quantitative estimate of drug-likeness (QED) is 0.666. The lowest BCUT2D eigenvalue weighted by Crippen LogP contribution is -2.37. The van der Waals surface area contributed by atoms with Gasteiger partial charge in [-0.2, -0.15) is 0 Å². The minimum absolute atomic E-state index is 0.0485. The number of carbonyl (C=O) groups excluding carboxylic acids is 1. The fraction of sp³-hybridized carbons (Fsp3) is 0.462. The smallest absolute Gasteiger partial charge is 0.277 e. The second-order valence-corrected chi connectivity index (χ2v) is 5.32.